The third kappa shape index (κ3) is 2.39. The molecule has 0 fully saturated rings. The maximum atomic E-state index is 12.5. The van der Waals surface area contributed by atoms with E-state index in [0.29, 0.717) is 24.2 Å². The average Bonchev–Trinajstić information content (AvgIpc) is 2.45. The van der Waals surface area contributed by atoms with Crippen molar-refractivity contribution in [3.63, 3.8) is 0 Å². The Bertz CT molecular complexity index is 532. The summed E-state index contributed by atoms with van der Waals surface area (Å²) < 4.78 is 0. The number of allylic oxidation sites excluding steroid dienone is 2. The molecular weight excluding hydrogens is 246 g/mol. The Balaban J connectivity index is 1.95. The number of carbonyl (C=O) groups excluding carboxylic acids is 1. The van der Waals surface area contributed by atoms with Crippen molar-refractivity contribution in [2.24, 2.45) is 11.8 Å². The summed E-state index contributed by atoms with van der Waals surface area (Å²) in [7, 11) is 0. The van der Waals surface area contributed by atoms with Crippen LogP contribution in [0.3, 0.4) is 0 Å². The maximum absolute atomic E-state index is 12.5. The van der Waals surface area contributed by atoms with Crippen LogP contribution in [0.25, 0.3) is 0 Å². The summed E-state index contributed by atoms with van der Waals surface area (Å²) in [4.78, 5) is 14.6. The quantitative estimate of drug-likeness (QED) is 0.790. The van der Waals surface area contributed by atoms with E-state index in [0.717, 1.165) is 6.54 Å². The molecule has 0 aromatic heterocycles. The van der Waals surface area contributed by atoms with Gasteiger partial charge in [0.15, 0.2) is 0 Å². The zero-order valence-corrected chi connectivity index (χ0v) is 12.4. The van der Waals surface area contributed by atoms with Gasteiger partial charge in [0.2, 0.25) is 5.91 Å². The van der Waals surface area contributed by atoms with Gasteiger partial charge in [0, 0.05) is 12.1 Å². The van der Waals surface area contributed by atoms with Crippen molar-refractivity contribution in [2.75, 3.05) is 0 Å². The van der Waals surface area contributed by atoms with Gasteiger partial charge in [0.1, 0.15) is 0 Å². The highest BCUT2D eigenvalue weighted by molar-refractivity contribution is 5.80. The number of hydrogen-bond donors (Lipinski definition) is 0. The molecule has 0 bridgehead atoms. The molecular formula is C18H23NO. The van der Waals surface area contributed by atoms with Crippen LogP contribution in [-0.2, 0) is 11.3 Å². The lowest BCUT2D eigenvalue weighted by Crippen LogP contribution is -2.40. The molecule has 2 aliphatic rings. The molecule has 1 aliphatic heterocycles. The van der Waals surface area contributed by atoms with Crippen LogP contribution in [0, 0.1) is 11.8 Å². The Kier molecular flexibility index (Phi) is 3.64. The smallest absolute Gasteiger partial charge is 0.227 e. The Hall–Kier alpha value is -1.57. The number of benzene rings is 1. The first-order valence-corrected chi connectivity index (χ1v) is 7.74. The molecule has 3 rings (SSSR count). The van der Waals surface area contributed by atoms with Gasteiger partial charge < -0.3 is 4.90 Å². The number of carbonyl (C=O) groups is 1. The Morgan fingerprint density at radius 1 is 1.15 bits per heavy atom. The van der Waals surface area contributed by atoms with Gasteiger partial charge in [0.25, 0.3) is 0 Å². The second-order valence-electron chi connectivity index (χ2n) is 6.27. The van der Waals surface area contributed by atoms with Crippen molar-refractivity contribution in [1.82, 2.24) is 4.90 Å². The molecule has 0 saturated heterocycles. The van der Waals surface area contributed by atoms with Gasteiger partial charge in [-0.05, 0) is 42.2 Å². The number of amides is 1. The fourth-order valence-corrected chi connectivity index (χ4v) is 3.69. The lowest BCUT2D eigenvalue weighted by Gasteiger charge is -2.41. The van der Waals surface area contributed by atoms with Crippen molar-refractivity contribution in [3.05, 3.63) is 47.2 Å². The van der Waals surface area contributed by atoms with Crippen LogP contribution in [0.15, 0.2) is 41.6 Å². The monoisotopic (exact) mass is 269 g/mol. The topological polar surface area (TPSA) is 20.3 Å². The van der Waals surface area contributed by atoms with E-state index in [1.54, 1.807) is 5.57 Å². The predicted molar refractivity (Wildman–Crippen MR) is 80.8 cm³/mol. The first-order valence-electron chi connectivity index (χ1n) is 7.74. The fraction of sp³-hybridized carbons (Fsp3) is 0.500. The molecule has 0 N–H and O–H groups in total. The molecule has 106 valence electrons. The second-order valence-corrected chi connectivity index (χ2v) is 6.27. The van der Waals surface area contributed by atoms with Gasteiger partial charge in [-0.2, -0.15) is 0 Å². The largest absolute Gasteiger partial charge is 0.312 e. The first-order chi connectivity index (χ1) is 9.66. The van der Waals surface area contributed by atoms with Crippen LogP contribution in [0.1, 0.15) is 45.1 Å². The molecule has 1 aromatic rings. The second kappa shape index (κ2) is 5.43. The summed E-state index contributed by atoms with van der Waals surface area (Å²) >= 11 is 0. The van der Waals surface area contributed by atoms with E-state index >= 15 is 0 Å². The minimum atomic E-state index is 0.300. The fourth-order valence-electron chi connectivity index (χ4n) is 3.69. The van der Waals surface area contributed by atoms with Crippen molar-refractivity contribution < 1.29 is 4.79 Å². The van der Waals surface area contributed by atoms with Crippen LogP contribution in [0.4, 0.5) is 0 Å². The first kappa shape index (κ1) is 13.4. The molecule has 0 spiro atoms. The van der Waals surface area contributed by atoms with Gasteiger partial charge in [-0.1, -0.05) is 44.2 Å². The van der Waals surface area contributed by atoms with Crippen molar-refractivity contribution >= 4 is 5.91 Å². The van der Waals surface area contributed by atoms with Gasteiger partial charge >= 0.3 is 0 Å². The summed E-state index contributed by atoms with van der Waals surface area (Å²) in [6.45, 7) is 5.22. The van der Waals surface area contributed by atoms with Crippen molar-refractivity contribution in [3.8, 4) is 0 Å². The number of rotatable bonds is 2. The molecule has 20 heavy (non-hydrogen) atoms. The SMILES string of the molecule is C[C@@H]1CC(=O)N(Cc2ccccc2)C2=C1CCC[C@H]2C. The lowest BCUT2D eigenvalue weighted by molar-refractivity contribution is -0.132. The van der Waals surface area contributed by atoms with Crippen LogP contribution in [-0.4, -0.2) is 10.8 Å². The maximum Gasteiger partial charge on any atom is 0.227 e. The van der Waals surface area contributed by atoms with E-state index in [-0.39, 0.29) is 0 Å². The number of hydrogen-bond acceptors (Lipinski definition) is 1. The van der Waals surface area contributed by atoms with Gasteiger partial charge in [-0.15, -0.1) is 0 Å². The highest BCUT2D eigenvalue weighted by Crippen LogP contribution is 2.41. The highest BCUT2D eigenvalue weighted by Gasteiger charge is 2.35. The Morgan fingerprint density at radius 2 is 1.90 bits per heavy atom. The van der Waals surface area contributed by atoms with Crippen molar-refractivity contribution in [1.29, 1.82) is 0 Å². The minimum Gasteiger partial charge on any atom is -0.312 e. The van der Waals surface area contributed by atoms with Crippen LogP contribution < -0.4 is 0 Å². The van der Waals surface area contributed by atoms with Crippen LogP contribution >= 0.6 is 0 Å². The van der Waals surface area contributed by atoms with Gasteiger partial charge in [-0.25, -0.2) is 0 Å². The molecule has 1 aliphatic carbocycles. The molecule has 0 radical (unpaired) electrons. The van der Waals surface area contributed by atoms with E-state index in [9.17, 15) is 4.79 Å². The molecule has 2 nitrogen and oxygen atoms in total. The molecule has 1 amide bonds. The molecule has 1 aromatic carbocycles. The van der Waals surface area contributed by atoms with E-state index in [4.69, 9.17) is 0 Å². The Labute approximate surface area is 121 Å². The predicted octanol–water partition coefficient (Wildman–Crippen LogP) is 4.13. The summed E-state index contributed by atoms with van der Waals surface area (Å²) in [5, 5.41) is 0. The molecule has 0 unspecified atom stereocenters. The summed E-state index contributed by atoms with van der Waals surface area (Å²) in [5.74, 6) is 1.26. The summed E-state index contributed by atoms with van der Waals surface area (Å²) in [6, 6.07) is 10.3. The van der Waals surface area contributed by atoms with Crippen molar-refractivity contribution in [2.45, 2.75) is 46.1 Å². The molecule has 2 heteroatoms. The van der Waals surface area contributed by atoms with E-state index in [1.807, 2.05) is 18.2 Å². The zero-order chi connectivity index (χ0) is 14.1. The van der Waals surface area contributed by atoms with Gasteiger partial charge in [-0.3, -0.25) is 4.79 Å². The Morgan fingerprint density at radius 3 is 2.65 bits per heavy atom. The van der Waals surface area contributed by atoms with Crippen LogP contribution in [0.2, 0.25) is 0 Å². The lowest BCUT2D eigenvalue weighted by atomic mass is 9.78. The van der Waals surface area contributed by atoms with E-state index in [2.05, 4.69) is 30.9 Å². The van der Waals surface area contributed by atoms with Crippen LogP contribution in [0.5, 0.6) is 0 Å². The molecule has 2 atom stereocenters. The van der Waals surface area contributed by atoms with Gasteiger partial charge in [0.05, 0.1) is 6.54 Å². The van der Waals surface area contributed by atoms with E-state index < -0.39 is 0 Å². The minimum absolute atomic E-state index is 0.300. The van der Waals surface area contributed by atoms with E-state index in [1.165, 1.54) is 30.5 Å². The average molecular weight is 269 g/mol. The third-order valence-corrected chi connectivity index (χ3v) is 4.73. The summed E-state index contributed by atoms with van der Waals surface area (Å²) in [5.41, 5.74) is 4.10. The zero-order valence-electron chi connectivity index (χ0n) is 12.4. The molecule has 0 saturated carbocycles. The highest BCUT2D eigenvalue weighted by atomic mass is 16.2. The normalized spacial score (nSPS) is 26.7. The molecule has 1 heterocycles. The summed E-state index contributed by atoms with van der Waals surface area (Å²) in [6.07, 6.45) is 4.35. The number of nitrogens with zero attached hydrogens (tertiary/aromatic N) is 1. The standard InChI is InChI=1S/C18H23NO/c1-13-7-6-10-16-14(2)11-17(20)19(18(13)16)12-15-8-4-3-5-9-15/h3-5,8-9,13-14H,6-7,10-12H2,1-2H3/t13-,14-/m1/s1. The third-order valence-electron chi connectivity index (χ3n) is 4.73.